The lowest BCUT2D eigenvalue weighted by molar-refractivity contribution is 0.385. The SMILES string of the molecule is Brc1ccc2sc3c(ccc4c5cc(Br)ccc5sc43)c2c1.N[C@@H]1CCCC[C@H]1N.c1ccc2c(c1)[nH]c1ccccc12.c1ccc2c(c1)c1ccccc1n2-c1ccc2sc3c(ccc4c5cc(-n6c7ccccc7c7ccccc76)ccc5sc43)c2c1. The zero-order valence-corrected chi connectivity index (χ0v) is 54.5. The molecule has 7 aromatic heterocycles. The number of para-hydroxylation sites is 6. The maximum absolute atomic E-state index is 5.65. The fourth-order valence-corrected chi connectivity index (χ4v) is 19.4. The van der Waals surface area contributed by atoms with E-state index in [1.54, 1.807) is 0 Å². The Morgan fingerprint density at radius 1 is 0.303 bits per heavy atom. The number of hydrogen-bond donors (Lipinski definition) is 3. The van der Waals surface area contributed by atoms with Crippen LogP contribution < -0.4 is 11.5 Å². The van der Waals surface area contributed by atoms with Crippen molar-refractivity contribution in [3.8, 4) is 11.4 Å². The van der Waals surface area contributed by atoms with Gasteiger partial charge < -0.3 is 25.6 Å². The number of thiophene rings is 4. The van der Waals surface area contributed by atoms with Crippen LogP contribution in [0.2, 0.25) is 0 Å². The van der Waals surface area contributed by atoms with Gasteiger partial charge in [0.15, 0.2) is 0 Å². The van der Waals surface area contributed by atoms with Gasteiger partial charge >= 0.3 is 0 Å². The molecule has 1 saturated carbocycles. The maximum atomic E-state index is 5.65. The molecule has 0 aliphatic heterocycles. The summed E-state index contributed by atoms with van der Waals surface area (Å²) < 4.78 is 18.0. The number of aromatic amines is 1. The molecular formula is C78H55Br2N5S4. The summed E-state index contributed by atoms with van der Waals surface area (Å²) in [6, 6.07) is 88.7. The van der Waals surface area contributed by atoms with Gasteiger partial charge in [-0.15, -0.1) is 45.3 Å². The van der Waals surface area contributed by atoms with Crippen molar-refractivity contribution >= 4 is 223 Å². The molecule has 1 aliphatic carbocycles. The Kier molecular flexibility index (Phi) is 13.8. The van der Waals surface area contributed by atoms with Gasteiger partial charge in [0.2, 0.25) is 0 Å². The van der Waals surface area contributed by atoms with Crippen LogP contribution in [0.25, 0.3) is 157 Å². The largest absolute Gasteiger partial charge is 0.355 e. The van der Waals surface area contributed by atoms with Gasteiger partial charge in [0, 0.05) is 138 Å². The first-order chi connectivity index (χ1) is 43.8. The summed E-state index contributed by atoms with van der Waals surface area (Å²) >= 11 is 14.8. The van der Waals surface area contributed by atoms with Crippen molar-refractivity contribution in [2.75, 3.05) is 0 Å². The zero-order chi connectivity index (χ0) is 59.4. The second-order valence-electron chi connectivity index (χ2n) is 23.3. The third-order valence-electron chi connectivity index (χ3n) is 18.0. The second kappa shape index (κ2) is 22.4. The predicted octanol–water partition coefficient (Wildman–Crippen LogP) is 24.1. The molecule has 5 N–H and O–H groups in total. The van der Waals surface area contributed by atoms with E-state index in [0.29, 0.717) is 0 Å². The van der Waals surface area contributed by atoms with Crippen molar-refractivity contribution in [2.45, 2.75) is 37.8 Å². The molecule has 0 radical (unpaired) electrons. The summed E-state index contributed by atoms with van der Waals surface area (Å²) in [5.74, 6) is 0. The Balaban J connectivity index is 0.000000116. The highest BCUT2D eigenvalue weighted by Crippen LogP contribution is 2.48. The zero-order valence-electron chi connectivity index (χ0n) is 48.0. The van der Waals surface area contributed by atoms with E-state index < -0.39 is 0 Å². The molecule has 20 rings (SSSR count). The number of nitrogens with zero attached hydrogens (tertiary/aromatic N) is 2. The molecule has 89 heavy (non-hydrogen) atoms. The molecule has 0 saturated heterocycles. The number of nitrogens with two attached hydrogens (primary N) is 2. The minimum Gasteiger partial charge on any atom is -0.355 e. The van der Waals surface area contributed by atoms with Gasteiger partial charge in [-0.05, 0) is 122 Å². The van der Waals surface area contributed by atoms with Crippen LogP contribution in [0, 0.1) is 0 Å². The van der Waals surface area contributed by atoms with Crippen LogP contribution in [-0.2, 0) is 0 Å². The molecule has 430 valence electrons. The van der Waals surface area contributed by atoms with Crippen LogP contribution in [0.1, 0.15) is 25.7 Å². The number of halogens is 2. The van der Waals surface area contributed by atoms with Crippen molar-refractivity contribution in [3.63, 3.8) is 0 Å². The van der Waals surface area contributed by atoms with E-state index in [1.807, 2.05) is 45.3 Å². The number of nitrogens with one attached hydrogen (secondary N) is 1. The maximum Gasteiger partial charge on any atom is 0.0541 e. The number of benzene rings is 12. The number of hydrogen-bond acceptors (Lipinski definition) is 6. The van der Waals surface area contributed by atoms with Crippen LogP contribution in [0.15, 0.2) is 252 Å². The number of fused-ring (bicyclic) bond motifs is 23. The van der Waals surface area contributed by atoms with E-state index in [1.165, 1.54) is 170 Å². The molecule has 12 aromatic carbocycles. The first-order valence-electron chi connectivity index (χ1n) is 30.2. The highest BCUT2D eigenvalue weighted by molar-refractivity contribution is 9.10. The highest BCUT2D eigenvalue weighted by atomic mass is 79.9. The van der Waals surface area contributed by atoms with Crippen molar-refractivity contribution in [2.24, 2.45) is 11.5 Å². The van der Waals surface area contributed by atoms with E-state index in [0.717, 1.165) is 21.8 Å². The van der Waals surface area contributed by atoms with E-state index in [9.17, 15) is 0 Å². The van der Waals surface area contributed by atoms with Crippen molar-refractivity contribution in [1.29, 1.82) is 0 Å². The molecule has 7 heterocycles. The van der Waals surface area contributed by atoms with Gasteiger partial charge in [0.05, 0.1) is 40.9 Å². The normalized spacial score (nSPS) is 14.6. The summed E-state index contributed by atoms with van der Waals surface area (Å²) in [5, 5.41) is 18.5. The van der Waals surface area contributed by atoms with Gasteiger partial charge in [-0.1, -0.05) is 178 Å². The Bertz CT molecular complexity index is 5520. The summed E-state index contributed by atoms with van der Waals surface area (Å²) in [6.07, 6.45) is 4.80. The van der Waals surface area contributed by atoms with Crippen LogP contribution in [0.4, 0.5) is 0 Å². The van der Waals surface area contributed by atoms with E-state index >= 15 is 0 Å². The molecule has 5 nitrogen and oxygen atoms in total. The van der Waals surface area contributed by atoms with Crippen molar-refractivity contribution in [3.05, 3.63) is 252 Å². The molecule has 19 aromatic rings. The van der Waals surface area contributed by atoms with Crippen LogP contribution >= 0.6 is 77.2 Å². The van der Waals surface area contributed by atoms with E-state index in [2.05, 4.69) is 289 Å². The molecule has 11 heteroatoms. The predicted molar refractivity (Wildman–Crippen MR) is 399 cm³/mol. The number of rotatable bonds is 2. The van der Waals surface area contributed by atoms with E-state index in [4.69, 9.17) is 11.5 Å². The Hall–Kier alpha value is -8.20. The number of aromatic nitrogens is 3. The first kappa shape index (κ1) is 54.9. The Morgan fingerprint density at radius 2 is 0.596 bits per heavy atom. The van der Waals surface area contributed by atoms with Crippen LogP contribution in [0.3, 0.4) is 0 Å². The monoisotopic (exact) mass is 1350 g/mol. The molecule has 1 fully saturated rings. The molecule has 0 bridgehead atoms. The fraction of sp³-hybridized carbons (Fsp3) is 0.0769. The van der Waals surface area contributed by atoms with Gasteiger partial charge in [-0.3, -0.25) is 0 Å². The van der Waals surface area contributed by atoms with Gasteiger partial charge in [-0.25, -0.2) is 0 Å². The van der Waals surface area contributed by atoms with Gasteiger partial charge in [0.25, 0.3) is 0 Å². The second-order valence-corrected chi connectivity index (χ2v) is 29.3. The molecule has 1 aliphatic rings. The highest BCUT2D eigenvalue weighted by Gasteiger charge is 2.20. The van der Waals surface area contributed by atoms with Crippen LogP contribution in [0.5, 0.6) is 0 Å². The Labute approximate surface area is 544 Å². The Morgan fingerprint density at radius 3 is 0.933 bits per heavy atom. The smallest absolute Gasteiger partial charge is 0.0541 e. The topological polar surface area (TPSA) is 77.7 Å². The fourth-order valence-electron chi connectivity index (χ4n) is 13.7. The number of H-pyrrole nitrogens is 1. The molecule has 2 atom stereocenters. The summed E-state index contributed by atoms with van der Waals surface area (Å²) in [6.45, 7) is 0. The molecule has 0 spiro atoms. The van der Waals surface area contributed by atoms with E-state index in [-0.39, 0.29) is 12.1 Å². The lowest BCUT2D eigenvalue weighted by Crippen LogP contribution is -2.43. The third kappa shape index (κ3) is 9.39. The summed E-state index contributed by atoms with van der Waals surface area (Å²) in [4.78, 5) is 3.38. The standard InChI is InChI=1S/C42H24N2S2.C18H8Br2S2.C12H9N.C6H14N2/c1-5-13-35-27(9-1)28-10-2-6-14-36(28)43(35)25-17-21-39-33(23-25)31-19-20-32-34-24-26(18-22-40(34)46-42(32)41(31)45-39)44-37-15-7-3-11-29(37)30-12-4-8-16-38(30)44;19-9-1-5-15-13(7-9)11-3-4-12-14-8-10(20)2-6-16(14)22-18(12)17(11)21-15;1-3-7-11-9(5-1)10-6-2-4-8-12(10)13-11;7-5-3-1-2-4-6(5)8/h1-24H;1-8H;1-8,13H;5-6H,1-4,7-8H2/t;;;5-,6-/m...1/s1. The quantitative estimate of drug-likeness (QED) is 0.161. The van der Waals surface area contributed by atoms with Gasteiger partial charge in [0.1, 0.15) is 0 Å². The first-order valence-corrected chi connectivity index (χ1v) is 35.0. The lowest BCUT2D eigenvalue weighted by Gasteiger charge is -2.24. The summed E-state index contributed by atoms with van der Waals surface area (Å²) in [5.41, 5.74) is 21.1. The molecule has 0 unspecified atom stereocenters. The minimum atomic E-state index is 0.281. The molecule has 0 amide bonds. The third-order valence-corrected chi connectivity index (χ3v) is 24.1. The van der Waals surface area contributed by atoms with Crippen molar-refractivity contribution < 1.29 is 0 Å². The van der Waals surface area contributed by atoms with Crippen molar-refractivity contribution in [1.82, 2.24) is 14.1 Å². The average Bonchev–Trinajstić information content (AvgIpc) is 1.63. The summed E-state index contributed by atoms with van der Waals surface area (Å²) in [7, 11) is 0. The molecular weight excluding hydrogens is 1290 g/mol. The minimum absolute atomic E-state index is 0.281. The average molecular weight is 1350 g/mol. The van der Waals surface area contributed by atoms with Gasteiger partial charge in [-0.2, -0.15) is 0 Å². The lowest BCUT2D eigenvalue weighted by atomic mass is 9.92. The van der Waals surface area contributed by atoms with Crippen LogP contribution in [-0.4, -0.2) is 26.2 Å².